The van der Waals surface area contributed by atoms with E-state index in [0.29, 0.717) is 0 Å². The van der Waals surface area contributed by atoms with Crippen molar-refractivity contribution < 1.29 is 0 Å². The Kier molecular flexibility index (Phi) is 4.25. The number of hydrogen-bond donors (Lipinski definition) is 2. The summed E-state index contributed by atoms with van der Waals surface area (Å²) in [5.74, 6) is 0. The molecule has 0 aliphatic rings. The third-order valence-electron chi connectivity index (χ3n) is 2.59. The summed E-state index contributed by atoms with van der Waals surface area (Å²) < 4.78 is 1.16. The lowest BCUT2D eigenvalue weighted by molar-refractivity contribution is 1.02. The quantitative estimate of drug-likeness (QED) is 0.661. The number of hydrogen-bond acceptors (Lipinski definition) is 2. The van der Waals surface area contributed by atoms with E-state index >= 15 is 0 Å². The molecule has 0 atom stereocenters. The fraction of sp³-hybridized carbons (Fsp3) is 0.143. The number of rotatable bonds is 4. The lowest BCUT2D eigenvalue weighted by Crippen LogP contribution is -2.06. The van der Waals surface area contributed by atoms with Gasteiger partial charge in [-0.1, -0.05) is 30.3 Å². The van der Waals surface area contributed by atoms with E-state index in [4.69, 9.17) is 5.73 Å². The summed E-state index contributed by atoms with van der Waals surface area (Å²) in [6.45, 7) is 0.898. The molecule has 2 aromatic carbocycles. The molecule has 0 spiro atoms. The zero-order valence-electron chi connectivity index (χ0n) is 9.49. The minimum atomic E-state index is 0.810. The van der Waals surface area contributed by atoms with Crippen molar-refractivity contribution in [2.24, 2.45) is 0 Å². The van der Waals surface area contributed by atoms with E-state index in [1.54, 1.807) is 0 Å². The van der Waals surface area contributed by atoms with Gasteiger partial charge in [-0.25, -0.2) is 0 Å². The molecule has 0 radical (unpaired) electrons. The predicted molar refractivity (Wildman–Crippen MR) is 82.2 cm³/mol. The highest BCUT2D eigenvalue weighted by atomic mass is 127. The molecule has 0 aliphatic heterocycles. The third-order valence-corrected chi connectivity index (χ3v) is 3.26. The van der Waals surface area contributed by atoms with Gasteiger partial charge in [-0.3, -0.25) is 0 Å². The van der Waals surface area contributed by atoms with Crippen molar-refractivity contribution in [1.29, 1.82) is 0 Å². The van der Waals surface area contributed by atoms with Gasteiger partial charge < -0.3 is 11.1 Å². The molecular formula is C14H15IN2. The molecule has 0 bridgehead atoms. The van der Waals surface area contributed by atoms with Gasteiger partial charge in [0.25, 0.3) is 0 Å². The molecule has 0 saturated heterocycles. The first-order valence-corrected chi connectivity index (χ1v) is 6.66. The molecule has 88 valence electrons. The average molecular weight is 338 g/mol. The molecule has 0 aliphatic carbocycles. The van der Waals surface area contributed by atoms with Crippen LogP contribution in [0, 0.1) is 3.57 Å². The topological polar surface area (TPSA) is 38.0 Å². The summed E-state index contributed by atoms with van der Waals surface area (Å²) in [4.78, 5) is 0. The van der Waals surface area contributed by atoms with E-state index in [-0.39, 0.29) is 0 Å². The maximum absolute atomic E-state index is 5.93. The Morgan fingerprint density at radius 1 is 1.06 bits per heavy atom. The first-order chi connectivity index (χ1) is 8.25. The van der Waals surface area contributed by atoms with Crippen LogP contribution in [0.25, 0.3) is 0 Å². The van der Waals surface area contributed by atoms with Crippen LogP contribution in [0.5, 0.6) is 0 Å². The highest BCUT2D eigenvalue weighted by molar-refractivity contribution is 14.1. The van der Waals surface area contributed by atoms with Crippen molar-refractivity contribution >= 4 is 34.0 Å². The first-order valence-electron chi connectivity index (χ1n) is 5.58. The SMILES string of the molecule is Nc1cc(I)ccc1NCCc1ccccc1. The van der Waals surface area contributed by atoms with E-state index < -0.39 is 0 Å². The third kappa shape index (κ3) is 3.63. The van der Waals surface area contributed by atoms with Crippen LogP contribution in [0.1, 0.15) is 5.56 Å². The van der Waals surface area contributed by atoms with Crippen LogP contribution >= 0.6 is 22.6 Å². The van der Waals surface area contributed by atoms with Crippen LogP contribution in [0.2, 0.25) is 0 Å². The number of benzene rings is 2. The van der Waals surface area contributed by atoms with Gasteiger partial charge in [0, 0.05) is 10.1 Å². The second-order valence-corrected chi connectivity index (χ2v) is 5.14. The molecule has 0 aromatic heterocycles. The summed E-state index contributed by atoms with van der Waals surface area (Å²) in [6.07, 6.45) is 1.01. The van der Waals surface area contributed by atoms with E-state index in [1.807, 2.05) is 18.2 Å². The summed E-state index contributed by atoms with van der Waals surface area (Å²) in [5, 5.41) is 3.36. The molecule has 17 heavy (non-hydrogen) atoms. The van der Waals surface area contributed by atoms with E-state index in [9.17, 15) is 0 Å². The molecule has 2 rings (SSSR count). The summed E-state index contributed by atoms with van der Waals surface area (Å²) in [5.41, 5.74) is 9.10. The average Bonchev–Trinajstić information content (AvgIpc) is 2.33. The smallest absolute Gasteiger partial charge is 0.0574 e. The number of nitrogen functional groups attached to an aromatic ring is 1. The summed E-state index contributed by atoms with van der Waals surface area (Å²) in [6, 6.07) is 16.5. The van der Waals surface area contributed by atoms with Crippen molar-refractivity contribution in [2.45, 2.75) is 6.42 Å². The molecule has 0 unspecified atom stereocenters. The Morgan fingerprint density at radius 2 is 1.82 bits per heavy atom. The van der Waals surface area contributed by atoms with Gasteiger partial charge in [-0.2, -0.15) is 0 Å². The van der Waals surface area contributed by atoms with Gasteiger partial charge in [-0.05, 0) is 52.8 Å². The second-order valence-electron chi connectivity index (χ2n) is 3.89. The van der Waals surface area contributed by atoms with Gasteiger partial charge in [0.2, 0.25) is 0 Å². The van der Waals surface area contributed by atoms with Gasteiger partial charge >= 0.3 is 0 Å². The lowest BCUT2D eigenvalue weighted by Gasteiger charge is -2.09. The molecule has 0 heterocycles. The number of anilines is 2. The molecule has 0 saturated carbocycles. The summed E-state index contributed by atoms with van der Waals surface area (Å²) in [7, 11) is 0. The second kappa shape index (κ2) is 5.91. The van der Waals surface area contributed by atoms with Crippen molar-refractivity contribution in [3.05, 3.63) is 57.7 Å². The zero-order valence-corrected chi connectivity index (χ0v) is 11.6. The van der Waals surface area contributed by atoms with Crippen LogP contribution in [-0.2, 0) is 6.42 Å². The van der Waals surface area contributed by atoms with Crippen molar-refractivity contribution in [1.82, 2.24) is 0 Å². The first kappa shape index (κ1) is 12.2. The van der Waals surface area contributed by atoms with E-state index in [1.165, 1.54) is 5.56 Å². The van der Waals surface area contributed by atoms with Gasteiger partial charge in [0.15, 0.2) is 0 Å². The Labute approximate surface area is 115 Å². The largest absolute Gasteiger partial charge is 0.397 e. The Balaban J connectivity index is 1.90. The molecular weight excluding hydrogens is 323 g/mol. The molecule has 2 nitrogen and oxygen atoms in total. The van der Waals surface area contributed by atoms with E-state index in [2.05, 4.69) is 58.2 Å². The molecule has 2 aromatic rings. The number of nitrogens with two attached hydrogens (primary N) is 1. The minimum absolute atomic E-state index is 0.810. The Morgan fingerprint density at radius 3 is 2.53 bits per heavy atom. The fourth-order valence-corrected chi connectivity index (χ4v) is 2.20. The highest BCUT2D eigenvalue weighted by Gasteiger charge is 1.98. The number of nitrogens with one attached hydrogen (secondary N) is 1. The number of halogens is 1. The lowest BCUT2D eigenvalue weighted by atomic mass is 10.1. The predicted octanol–water partition coefficient (Wildman–Crippen LogP) is 3.53. The van der Waals surface area contributed by atoms with Crippen LogP contribution in [-0.4, -0.2) is 6.54 Å². The van der Waals surface area contributed by atoms with Crippen LogP contribution in [0.3, 0.4) is 0 Å². The Hall–Kier alpha value is -1.23. The normalized spacial score (nSPS) is 10.2. The van der Waals surface area contributed by atoms with Gasteiger partial charge in [-0.15, -0.1) is 0 Å². The van der Waals surface area contributed by atoms with Gasteiger partial charge in [0.05, 0.1) is 11.4 Å². The van der Waals surface area contributed by atoms with Crippen molar-refractivity contribution in [3.63, 3.8) is 0 Å². The molecule has 3 N–H and O–H groups in total. The van der Waals surface area contributed by atoms with Crippen LogP contribution < -0.4 is 11.1 Å². The van der Waals surface area contributed by atoms with Crippen molar-refractivity contribution in [2.75, 3.05) is 17.6 Å². The van der Waals surface area contributed by atoms with Crippen LogP contribution in [0.15, 0.2) is 48.5 Å². The van der Waals surface area contributed by atoms with Gasteiger partial charge in [0.1, 0.15) is 0 Å². The molecule has 0 fully saturated rings. The summed E-state index contributed by atoms with van der Waals surface area (Å²) >= 11 is 2.26. The Bertz CT molecular complexity index is 483. The molecule has 0 amide bonds. The van der Waals surface area contributed by atoms with Crippen LogP contribution in [0.4, 0.5) is 11.4 Å². The minimum Gasteiger partial charge on any atom is -0.397 e. The fourth-order valence-electron chi connectivity index (χ4n) is 1.68. The maximum atomic E-state index is 5.93. The zero-order chi connectivity index (χ0) is 12.1. The molecule has 3 heteroatoms. The van der Waals surface area contributed by atoms with E-state index in [0.717, 1.165) is 27.9 Å². The monoisotopic (exact) mass is 338 g/mol. The highest BCUT2D eigenvalue weighted by Crippen LogP contribution is 2.20. The standard InChI is InChI=1S/C14H15IN2/c15-12-6-7-14(13(16)10-12)17-9-8-11-4-2-1-3-5-11/h1-7,10,17H,8-9,16H2. The van der Waals surface area contributed by atoms with Crippen molar-refractivity contribution in [3.8, 4) is 0 Å². The maximum Gasteiger partial charge on any atom is 0.0574 e.